The van der Waals surface area contributed by atoms with Gasteiger partial charge >= 0.3 is 0 Å². The van der Waals surface area contributed by atoms with Crippen molar-refractivity contribution in [1.29, 1.82) is 0 Å². The zero-order chi connectivity index (χ0) is 14.0. The predicted octanol–water partition coefficient (Wildman–Crippen LogP) is 3.32. The standard InChI is InChI=1S/C16H23N3/c1-5-14-6-8-15(9-7-14)16(17)13(4)19-10-18-11(2)12(19)3/h6-10,13,16H,5,17H2,1-4H3. The highest BCUT2D eigenvalue weighted by atomic mass is 15.1. The molecule has 3 heteroatoms. The summed E-state index contributed by atoms with van der Waals surface area (Å²) in [5.74, 6) is 0. The van der Waals surface area contributed by atoms with Crippen LogP contribution in [0.2, 0.25) is 0 Å². The van der Waals surface area contributed by atoms with Crippen LogP contribution in [-0.2, 0) is 6.42 Å². The minimum absolute atomic E-state index is 0.0155. The van der Waals surface area contributed by atoms with Crippen molar-refractivity contribution in [3.8, 4) is 0 Å². The van der Waals surface area contributed by atoms with Gasteiger partial charge in [0.25, 0.3) is 0 Å². The van der Waals surface area contributed by atoms with E-state index < -0.39 is 0 Å². The van der Waals surface area contributed by atoms with Crippen LogP contribution in [0.3, 0.4) is 0 Å². The van der Waals surface area contributed by atoms with Crippen LogP contribution in [0.1, 0.15) is 48.4 Å². The first-order chi connectivity index (χ1) is 9.04. The minimum Gasteiger partial charge on any atom is -0.330 e. The van der Waals surface area contributed by atoms with Gasteiger partial charge in [0.2, 0.25) is 0 Å². The molecule has 2 N–H and O–H groups in total. The summed E-state index contributed by atoms with van der Waals surface area (Å²) in [5, 5.41) is 0. The first-order valence-corrected chi connectivity index (χ1v) is 6.89. The molecule has 3 nitrogen and oxygen atoms in total. The minimum atomic E-state index is -0.0155. The number of aryl methyl sites for hydroxylation is 2. The van der Waals surface area contributed by atoms with Gasteiger partial charge in [-0.15, -0.1) is 0 Å². The predicted molar refractivity (Wildman–Crippen MR) is 79.2 cm³/mol. The topological polar surface area (TPSA) is 43.8 Å². The Morgan fingerprint density at radius 3 is 2.32 bits per heavy atom. The van der Waals surface area contributed by atoms with E-state index in [2.05, 4.69) is 54.6 Å². The molecule has 2 aromatic rings. The Bertz CT molecular complexity index is 540. The molecule has 1 aromatic carbocycles. The third-order valence-electron chi connectivity index (χ3n) is 4.02. The number of imidazole rings is 1. The lowest BCUT2D eigenvalue weighted by Crippen LogP contribution is -2.22. The maximum absolute atomic E-state index is 6.39. The van der Waals surface area contributed by atoms with Crippen LogP contribution in [0.15, 0.2) is 30.6 Å². The van der Waals surface area contributed by atoms with Gasteiger partial charge in [-0.05, 0) is 38.3 Å². The quantitative estimate of drug-likeness (QED) is 0.913. The van der Waals surface area contributed by atoms with E-state index in [1.807, 2.05) is 13.3 Å². The average molecular weight is 257 g/mol. The molecule has 0 fully saturated rings. The van der Waals surface area contributed by atoms with Gasteiger partial charge in [0.15, 0.2) is 0 Å². The van der Waals surface area contributed by atoms with Crippen LogP contribution in [0.4, 0.5) is 0 Å². The number of rotatable bonds is 4. The maximum Gasteiger partial charge on any atom is 0.0954 e. The second-order valence-corrected chi connectivity index (χ2v) is 5.18. The van der Waals surface area contributed by atoms with Gasteiger partial charge in [0.05, 0.1) is 24.1 Å². The van der Waals surface area contributed by atoms with Crippen molar-refractivity contribution in [2.75, 3.05) is 0 Å². The molecule has 0 aliphatic heterocycles. The molecule has 2 rings (SSSR count). The van der Waals surface area contributed by atoms with Crippen molar-refractivity contribution in [1.82, 2.24) is 9.55 Å². The number of nitrogens with zero attached hydrogens (tertiary/aromatic N) is 2. The first-order valence-electron chi connectivity index (χ1n) is 6.89. The summed E-state index contributed by atoms with van der Waals surface area (Å²) in [5.41, 5.74) is 11.2. The summed E-state index contributed by atoms with van der Waals surface area (Å²) in [6.07, 6.45) is 2.94. The molecule has 1 aromatic heterocycles. The Balaban J connectivity index is 2.22. The van der Waals surface area contributed by atoms with Crippen LogP contribution in [0.5, 0.6) is 0 Å². The second kappa shape index (κ2) is 5.57. The van der Waals surface area contributed by atoms with Crippen LogP contribution in [-0.4, -0.2) is 9.55 Å². The van der Waals surface area contributed by atoms with Gasteiger partial charge in [-0.25, -0.2) is 4.98 Å². The third kappa shape index (κ3) is 2.71. The van der Waals surface area contributed by atoms with Gasteiger partial charge < -0.3 is 10.3 Å². The molecule has 1 heterocycles. The highest BCUT2D eigenvalue weighted by Crippen LogP contribution is 2.25. The van der Waals surface area contributed by atoms with Gasteiger partial charge in [-0.1, -0.05) is 31.2 Å². The highest BCUT2D eigenvalue weighted by molar-refractivity contribution is 5.26. The van der Waals surface area contributed by atoms with Gasteiger partial charge in [-0.2, -0.15) is 0 Å². The Hall–Kier alpha value is -1.61. The highest BCUT2D eigenvalue weighted by Gasteiger charge is 2.18. The molecule has 0 spiro atoms. The van der Waals surface area contributed by atoms with Crippen molar-refractivity contribution < 1.29 is 0 Å². The molecule has 2 unspecified atom stereocenters. The molecule has 0 saturated carbocycles. The lowest BCUT2D eigenvalue weighted by Gasteiger charge is -2.23. The summed E-state index contributed by atoms with van der Waals surface area (Å²) in [6.45, 7) is 8.42. The third-order valence-corrected chi connectivity index (χ3v) is 4.02. The molecule has 0 bridgehead atoms. The van der Waals surface area contributed by atoms with E-state index in [9.17, 15) is 0 Å². The number of hydrogen-bond acceptors (Lipinski definition) is 2. The van der Waals surface area contributed by atoms with Crippen molar-refractivity contribution in [2.45, 2.75) is 46.2 Å². The summed E-state index contributed by atoms with van der Waals surface area (Å²) in [6, 6.07) is 8.78. The average Bonchev–Trinajstić information content (AvgIpc) is 2.77. The van der Waals surface area contributed by atoms with E-state index in [1.54, 1.807) is 0 Å². The van der Waals surface area contributed by atoms with Crippen molar-refractivity contribution in [2.24, 2.45) is 5.73 Å². The van der Waals surface area contributed by atoms with E-state index in [4.69, 9.17) is 5.73 Å². The molecule has 0 aliphatic rings. The van der Waals surface area contributed by atoms with Gasteiger partial charge in [0, 0.05) is 5.69 Å². The fraction of sp³-hybridized carbons (Fsp3) is 0.438. The monoisotopic (exact) mass is 257 g/mol. The van der Waals surface area contributed by atoms with Crippen molar-refractivity contribution in [3.63, 3.8) is 0 Å². The molecule has 0 amide bonds. The molecular formula is C16H23N3. The first kappa shape index (κ1) is 13.8. The largest absolute Gasteiger partial charge is 0.330 e. The zero-order valence-corrected chi connectivity index (χ0v) is 12.2. The van der Waals surface area contributed by atoms with Crippen LogP contribution in [0, 0.1) is 13.8 Å². The SMILES string of the molecule is CCc1ccc(C(N)C(C)n2cnc(C)c2C)cc1. The second-order valence-electron chi connectivity index (χ2n) is 5.18. The number of hydrogen-bond donors (Lipinski definition) is 1. The van der Waals surface area contributed by atoms with Crippen molar-refractivity contribution >= 4 is 0 Å². The number of aromatic nitrogens is 2. The molecular weight excluding hydrogens is 234 g/mol. The van der Waals surface area contributed by atoms with E-state index in [-0.39, 0.29) is 12.1 Å². The molecule has 102 valence electrons. The summed E-state index contributed by atoms with van der Waals surface area (Å²) < 4.78 is 2.16. The van der Waals surface area contributed by atoms with Crippen molar-refractivity contribution in [3.05, 3.63) is 53.1 Å². The van der Waals surface area contributed by atoms with E-state index in [0.717, 1.165) is 12.1 Å². The lowest BCUT2D eigenvalue weighted by molar-refractivity contribution is 0.445. The molecule has 0 saturated heterocycles. The number of nitrogens with two attached hydrogens (primary N) is 1. The normalized spacial score (nSPS) is 14.4. The maximum atomic E-state index is 6.39. The molecule has 19 heavy (non-hydrogen) atoms. The Morgan fingerprint density at radius 2 is 1.84 bits per heavy atom. The summed E-state index contributed by atoms with van der Waals surface area (Å²) in [4.78, 5) is 4.35. The zero-order valence-electron chi connectivity index (χ0n) is 12.2. The molecule has 2 atom stereocenters. The fourth-order valence-corrected chi connectivity index (χ4v) is 2.35. The van der Waals surface area contributed by atoms with Crippen LogP contribution < -0.4 is 5.73 Å². The number of benzene rings is 1. The fourth-order valence-electron chi connectivity index (χ4n) is 2.35. The summed E-state index contributed by atoms with van der Waals surface area (Å²) in [7, 11) is 0. The smallest absolute Gasteiger partial charge is 0.0954 e. The van der Waals surface area contributed by atoms with Gasteiger partial charge in [0.1, 0.15) is 0 Å². The van der Waals surface area contributed by atoms with E-state index in [0.29, 0.717) is 0 Å². The van der Waals surface area contributed by atoms with Crippen LogP contribution >= 0.6 is 0 Å². The summed E-state index contributed by atoms with van der Waals surface area (Å²) >= 11 is 0. The Morgan fingerprint density at radius 1 is 1.21 bits per heavy atom. The van der Waals surface area contributed by atoms with Crippen LogP contribution in [0.25, 0.3) is 0 Å². The molecule has 0 radical (unpaired) electrons. The van der Waals surface area contributed by atoms with Gasteiger partial charge in [-0.3, -0.25) is 0 Å². The van der Waals surface area contributed by atoms with E-state index >= 15 is 0 Å². The Labute approximate surface area is 115 Å². The van der Waals surface area contributed by atoms with E-state index in [1.165, 1.54) is 16.8 Å². The molecule has 0 aliphatic carbocycles. The lowest BCUT2D eigenvalue weighted by atomic mass is 9.99. The Kier molecular flexibility index (Phi) is 4.05.